The first-order valence-electron chi connectivity index (χ1n) is 4.44. The van der Waals surface area contributed by atoms with Crippen molar-refractivity contribution >= 4 is 0 Å². The highest BCUT2D eigenvalue weighted by Crippen LogP contribution is 2.16. The van der Waals surface area contributed by atoms with Gasteiger partial charge in [-0.2, -0.15) is 0 Å². The fourth-order valence-corrected chi connectivity index (χ4v) is 1.36. The van der Waals surface area contributed by atoms with E-state index in [0.29, 0.717) is 5.92 Å². The van der Waals surface area contributed by atoms with Gasteiger partial charge in [-0.15, -0.1) is 0 Å². The average Bonchev–Trinajstić information content (AvgIpc) is 1.91. The van der Waals surface area contributed by atoms with Crippen molar-refractivity contribution in [3.63, 3.8) is 0 Å². The molecule has 0 fully saturated rings. The van der Waals surface area contributed by atoms with Crippen molar-refractivity contribution in [3.8, 4) is 0 Å². The number of aliphatic hydroxyl groups excluding tert-OH is 1. The average molecular weight is 144 g/mol. The van der Waals surface area contributed by atoms with Gasteiger partial charge in [0.25, 0.3) is 0 Å². The predicted octanol–water partition coefficient (Wildman–Crippen LogP) is 2.58. The van der Waals surface area contributed by atoms with Crippen LogP contribution in [0.2, 0.25) is 0 Å². The molecule has 0 rings (SSSR count). The first kappa shape index (κ1) is 9.96. The van der Waals surface area contributed by atoms with Gasteiger partial charge in [0.15, 0.2) is 0 Å². The van der Waals surface area contributed by atoms with Crippen LogP contribution in [0.5, 0.6) is 0 Å². The molecule has 0 aromatic heterocycles. The van der Waals surface area contributed by atoms with E-state index in [9.17, 15) is 5.11 Å². The number of rotatable bonds is 5. The largest absolute Gasteiger partial charge is 0.393 e. The maximum absolute atomic E-state index is 9.51. The Morgan fingerprint density at radius 3 is 1.90 bits per heavy atom. The quantitative estimate of drug-likeness (QED) is 0.628. The van der Waals surface area contributed by atoms with Gasteiger partial charge in [0.05, 0.1) is 6.10 Å². The molecule has 0 aromatic carbocycles. The van der Waals surface area contributed by atoms with E-state index in [1.165, 1.54) is 0 Å². The molecule has 0 saturated carbocycles. The summed E-state index contributed by atoms with van der Waals surface area (Å²) in [6, 6.07) is 0. The topological polar surface area (TPSA) is 20.2 Å². The van der Waals surface area contributed by atoms with Crippen LogP contribution in [-0.2, 0) is 0 Å². The molecule has 1 heteroatoms. The van der Waals surface area contributed by atoms with Crippen LogP contribution in [0.25, 0.3) is 0 Å². The van der Waals surface area contributed by atoms with Gasteiger partial charge in [-0.05, 0) is 12.3 Å². The van der Waals surface area contributed by atoms with E-state index in [-0.39, 0.29) is 6.10 Å². The van der Waals surface area contributed by atoms with Crippen molar-refractivity contribution in [2.24, 2.45) is 5.92 Å². The maximum Gasteiger partial charge on any atom is 0.0568 e. The lowest BCUT2D eigenvalue weighted by Crippen LogP contribution is -2.18. The van der Waals surface area contributed by atoms with Gasteiger partial charge < -0.3 is 5.11 Å². The van der Waals surface area contributed by atoms with Gasteiger partial charge in [-0.1, -0.05) is 40.0 Å². The number of hydrogen-bond donors (Lipinski definition) is 1. The maximum atomic E-state index is 9.51. The van der Waals surface area contributed by atoms with Crippen molar-refractivity contribution in [2.45, 2.75) is 52.6 Å². The van der Waals surface area contributed by atoms with Crippen molar-refractivity contribution in [1.82, 2.24) is 0 Å². The smallest absolute Gasteiger partial charge is 0.0568 e. The lowest BCUT2D eigenvalue weighted by Gasteiger charge is -2.18. The van der Waals surface area contributed by atoms with Crippen molar-refractivity contribution in [2.75, 3.05) is 0 Å². The van der Waals surface area contributed by atoms with Crippen LogP contribution < -0.4 is 0 Å². The molecule has 1 atom stereocenters. The van der Waals surface area contributed by atoms with Gasteiger partial charge in [0.2, 0.25) is 0 Å². The van der Waals surface area contributed by atoms with E-state index < -0.39 is 0 Å². The molecule has 0 aliphatic heterocycles. The Morgan fingerprint density at radius 1 is 1.10 bits per heavy atom. The summed E-state index contributed by atoms with van der Waals surface area (Å²) < 4.78 is 0. The van der Waals surface area contributed by atoms with Crippen LogP contribution in [0.3, 0.4) is 0 Å². The summed E-state index contributed by atoms with van der Waals surface area (Å²) >= 11 is 0. The Morgan fingerprint density at radius 2 is 1.60 bits per heavy atom. The van der Waals surface area contributed by atoms with Crippen LogP contribution in [-0.4, -0.2) is 11.2 Å². The van der Waals surface area contributed by atoms with E-state index in [2.05, 4.69) is 20.8 Å². The lowest BCUT2D eigenvalue weighted by molar-refractivity contribution is 0.0935. The Bertz CT molecular complexity index is 67.1. The molecule has 0 aromatic rings. The molecule has 0 saturated heterocycles. The second kappa shape index (κ2) is 5.72. The predicted molar refractivity (Wildman–Crippen MR) is 45.0 cm³/mol. The first-order chi connectivity index (χ1) is 4.76. The minimum Gasteiger partial charge on any atom is -0.393 e. The second-order valence-electron chi connectivity index (χ2n) is 2.93. The molecule has 0 unspecified atom stereocenters. The molecular formula is C9H20O. The number of aliphatic hydroxyl groups is 1. The summed E-state index contributed by atoms with van der Waals surface area (Å²) in [5.41, 5.74) is 0. The Hall–Kier alpha value is -0.0400. The van der Waals surface area contributed by atoms with Gasteiger partial charge in [-0.25, -0.2) is 0 Å². The molecule has 0 spiro atoms. The van der Waals surface area contributed by atoms with Gasteiger partial charge in [0, 0.05) is 0 Å². The first-order valence-corrected chi connectivity index (χ1v) is 4.44. The summed E-state index contributed by atoms with van der Waals surface area (Å²) in [6.45, 7) is 6.41. The molecule has 1 N–H and O–H groups in total. The third-order valence-corrected chi connectivity index (χ3v) is 2.18. The normalized spacial score (nSPS) is 14.1. The highest BCUT2D eigenvalue weighted by Gasteiger charge is 2.13. The van der Waals surface area contributed by atoms with Gasteiger partial charge >= 0.3 is 0 Å². The van der Waals surface area contributed by atoms with Gasteiger partial charge in [-0.3, -0.25) is 0 Å². The van der Waals surface area contributed by atoms with Gasteiger partial charge in [0.1, 0.15) is 0 Å². The standard InChI is InChI=1S/C9H20O/c1-4-7-9(10)8(5-2)6-3/h8-10H,4-7H2,1-3H3/t9-/m0/s1. The highest BCUT2D eigenvalue weighted by atomic mass is 16.3. The summed E-state index contributed by atoms with van der Waals surface area (Å²) in [7, 11) is 0. The molecule has 1 nitrogen and oxygen atoms in total. The number of hydrogen-bond acceptors (Lipinski definition) is 1. The van der Waals surface area contributed by atoms with Crippen LogP contribution in [0.1, 0.15) is 46.5 Å². The fraction of sp³-hybridized carbons (Fsp3) is 1.00. The molecule has 0 amide bonds. The molecule has 0 bridgehead atoms. The minimum absolute atomic E-state index is 0.0556. The minimum atomic E-state index is -0.0556. The highest BCUT2D eigenvalue weighted by molar-refractivity contribution is 4.64. The molecule has 0 radical (unpaired) electrons. The SMILES string of the molecule is CCC[C@H](O)C(CC)CC. The van der Waals surface area contributed by atoms with Crippen molar-refractivity contribution < 1.29 is 5.11 Å². The Balaban J connectivity index is 3.53. The second-order valence-corrected chi connectivity index (χ2v) is 2.93. The third kappa shape index (κ3) is 3.21. The summed E-state index contributed by atoms with van der Waals surface area (Å²) in [5.74, 6) is 0.528. The zero-order valence-corrected chi connectivity index (χ0v) is 7.43. The zero-order chi connectivity index (χ0) is 7.98. The molecular weight excluding hydrogens is 124 g/mol. The van der Waals surface area contributed by atoms with Crippen LogP contribution >= 0.6 is 0 Å². The summed E-state index contributed by atoms with van der Waals surface area (Å²) in [4.78, 5) is 0. The molecule has 10 heavy (non-hydrogen) atoms. The molecule has 62 valence electrons. The van der Waals surface area contributed by atoms with Crippen molar-refractivity contribution in [1.29, 1.82) is 0 Å². The summed E-state index contributed by atoms with van der Waals surface area (Å²) in [5, 5.41) is 9.51. The molecule has 0 heterocycles. The molecule has 0 aliphatic rings. The molecule has 0 aliphatic carbocycles. The Kier molecular flexibility index (Phi) is 5.70. The van der Waals surface area contributed by atoms with E-state index in [0.717, 1.165) is 25.7 Å². The van der Waals surface area contributed by atoms with Crippen molar-refractivity contribution in [3.05, 3.63) is 0 Å². The van der Waals surface area contributed by atoms with Crippen LogP contribution in [0, 0.1) is 5.92 Å². The Labute approximate surface area is 64.5 Å². The van der Waals surface area contributed by atoms with E-state index in [1.54, 1.807) is 0 Å². The van der Waals surface area contributed by atoms with Crippen LogP contribution in [0.4, 0.5) is 0 Å². The summed E-state index contributed by atoms with van der Waals surface area (Å²) in [6.07, 6.45) is 4.22. The van der Waals surface area contributed by atoms with E-state index in [1.807, 2.05) is 0 Å². The van der Waals surface area contributed by atoms with Crippen LogP contribution in [0.15, 0.2) is 0 Å². The third-order valence-electron chi connectivity index (χ3n) is 2.18. The monoisotopic (exact) mass is 144 g/mol. The zero-order valence-electron chi connectivity index (χ0n) is 7.43. The fourth-order valence-electron chi connectivity index (χ4n) is 1.36. The van der Waals surface area contributed by atoms with E-state index >= 15 is 0 Å². The van der Waals surface area contributed by atoms with E-state index in [4.69, 9.17) is 0 Å². The lowest BCUT2D eigenvalue weighted by atomic mass is 9.94.